The smallest absolute Gasteiger partial charge is 0.162 e. The minimum Gasteiger partial charge on any atom is -0.493 e. The average Bonchev–Trinajstić information content (AvgIpc) is 2.55. The van der Waals surface area contributed by atoms with Crippen LogP contribution in [0.5, 0.6) is 11.5 Å². The van der Waals surface area contributed by atoms with Crippen LogP contribution in [-0.4, -0.2) is 20.3 Å². The molecule has 0 saturated heterocycles. The highest BCUT2D eigenvalue weighted by atomic mass is 79.9. The van der Waals surface area contributed by atoms with Crippen LogP contribution in [0.4, 0.5) is 0 Å². The van der Waals surface area contributed by atoms with E-state index in [1.807, 2.05) is 31.2 Å². The lowest BCUT2D eigenvalue weighted by Crippen LogP contribution is -2.17. The summed E-state index contributed by atoms with van der Waals surface area (Å²) in [5.41, 5.74) is 2.19. The third-order valence-corrected chi connectivity index (χ3v) is 4.86. The second kappa shape index (κ2) is 9.52. The minimum absolute atomic E-state index is 0.599. The summed E-state index contributed by atoms with van der Waals surface area (Å²) in [6.07, 6.45) is 0.835. The molecule has 0 aliphatic rings. The Morgan fingerprint density at radius 3 is 2.54 bits per heavy atom. The lowest BCUT2D eigenvalue weighted by atomic mass is 10.1. The SMILES string of the molecule is CCOc1cc(Br)c(CNCCc2ccc(Cl)cc2Cl)cc1OC. The maximum Gasteiger partial charge on any atom is 0.162 e. The third-order valence-electron chi connectivity index (χ3n) is 3.53. The Morgan fingerprint density at radius 2 is 1.88 bits per heavy atom. The van der Waals surface area contributed by atoms with Gasteiger partial charge in [-0.05, 0) is 55.3 Å². The molecule has 1 N–H and O–H groups in total. The van der Waals surface area contributed by atoms with E-state index in [0.717, 1.165) is 40.1 Å². The molecule has 0 atom stereocenters. The van der Waals surface area contributed by atoms with E-state index in [-0.39, 0.29) is 0 Å². The normalized spacial score (nSPS) is 10.7. The van der Waals surface area contributed by atoms with Crippen molar-refractivity contribution in [2.45, 2.75) is 19.9 Å². The summed E-state index contributed by atoms with van der Waals surface area (Å²) < 4.78 is 12.0. The molecule has 0 aromatic heterocycles. The number of benzene rings is 2. The van der Waals surface area contributed by atoms with Crippen LogP contribution in [0, 0.1) is 0 Å². The van der Waals surface area contributed by atoms with Crippen molar-refractivity contribution in [1.82, 2.24) is 5.32 Å². The monoisotopic (exact) mass is 431 g/mol. The zero-order chi connectivity index (χ0) is 17.5. The van der Waals surface area contributed by atoms with Gasteiger partial charge in [0.25, 0.3) is 0 Å². The number of hydrogen-bond donors (Lipinski definition) is 1. The van der Waals surface area contributed by atoms with Gasteiger partial charge in [0.05, 0.1) is 13.7 Å². The lowest BCUT2D eigenvalue weighted by molar-refractivity contribution is 0.310. The van der Waals surface area contributed by atoms with Crippen molar-refractivity contribution in [2.24, 2.45) is 0 Å². The average molecular weight is 433 g/mol. The molecule has 0 heterocycles. The summed E-state index contributed by atoms with van der Waals surface area (Å²) in [5.74, 6) is 1.47. The van der Waals surface area contributed by atoms with E-state index >= 15 is 0 Å². The van der Waals surface area contributed by atoms with Crippen molar-refractivity contribution in [3.8, 4) is 11.5 Å². The number of halogens is 3. The van der Waals surface area contributed by atoms with Crippen LogP contribution < -0.4 is 14.8 Å². The van der Waals surface area contributed by atoms with Crippen molar-refractivity contribution in [3.63, 3.8) is 0 Å². The Morgan fingerprint density at radius 1 is 1.08 bits per heavy atom. The van der Waals surface area contributed by atoms with Gasteiger partial charge in [0.2, 0.25) is 0 Å². The first-order chi connectivity index (χ1) is 11.5. The second-order valence-electron chi connectivity index (χ2n) is 5.19. The standard InChI is InChI=1S/C18H20BrCl2NO2/c1-3-24-18-10-15(19)13(8-17(18)23-2)11-22-7-6-12-4-5-14(20)9-16(12)21/h4-5,8-10,22H,3,6-7,11H2,1-2H3. The predicted molar refractivity (Wildman–Crippen MR) is 104 cm³/mol. The lowest BCUT2D eigenvalue weighted by Gasteiger charge is -2.14. The number of nitrogens with one attached hydrogen (secondary N) is 1. The number of methoxy groups -OCH3 is 1. The molecular formula is C18H20BrCl2NO2. The highest BCUT2D eigenvalue weighted by Crippen LogP contribution is 2.33. The molecule has 0 spiro atoms. The molecule has 0 bridgehead atoms. The Kier molecular flexibility index (Phi) is 7.69. The minimum atomic E-state index is 0.599. The topological polar surface area (TPSA) is 30.5 Å². The van der Waals surface area contributed by atoms with Crippen LogP contribution in [0.3, 0.4) is 0 Å². The van der Waals surface area contributed by atoms with Crippen molar-refractivity contribution in [2.75, 3.05) is 20.3 Å². The molecule has 130 valence electrons. The summed E-state index contributed by atoms with van der Waals surface area (Å²) in [7, 11) is 1.64. The second-order valence-corrected chi connectivity index (χ2v) is 6.89. The quantitative estimate of drug-likeness (QED) is 0.559. The molecule has 3 nitrogen and oxygen atoms in total. The van der Waals surface area contributed by atoms with Crippen LogP contribution in [0.1, 0.15) is 18.1 Å². The van der Waals surface area contributed by atoms with E-state index in [0.29, 0.717) is 23.2 Å². The summed E-state index contributed by atoms with van der Waals surface area (Å²) in [5, 5.41) is 4.77. The van der Waals surface area contributed by atoms with Crippen LogP contribution in [0.2, 0.25) is 10.0 Å². The maximum atomic E-state index is 6.19. The van der Waals surface area contributed by atoms with Gasteiger partial charge in [0.15, 0.2) is 11.5 Å². The van der Waals surface area contributed by atoms with Gasteiger partial charge < -0.3 is 14.8 Å². The summed E-state index contributed by atoms with van der Waals surface area (Å²) >= 11 is 15.7. The Bertz CT molecular complexity index is 695. The van der Waals surface area contributed by atoms with Gasteiger partial charge in [0, 0.05) is 21.1 Å². The predicted octanol–water partition coefficient (Wildman–Crippen LogP) is 5.50. The van der Waals surface area contributed by atoms with E-state index in [4.69, 9.17) is 32.7 Å². The molecule has 2 aromatic rings. The van der Waals surface area contributed by atoms with Crippen LogP contribution in [-0.2, 0) is 13.0 Å². The molecule has 0 aliphatic carbocycles. The van der Waals surface area contributed by atoms with E-state index in [2.05, 4.69) is 21.2 Å². The van der Waals surface area contributed by atoms with Gasteiger partial charge in [0.1, 0.15) is 0 Å². The first-order valence-electron chi connectivity index (χ1n) is 7.69. The number of hydrogen-bond acceptors (Lipinski definition) is 3. The fraction of sp³-hybridized carbons (Fsp3) is 0.333. The van der Waals surface area contributed by atoms with E-state index < -0.39 is 0 Å². The van der Waals surface area contributed by atoms with Crippen LogP contribution >= 0.6 is 39.1 Å². The molecule has 2 aromatic carbocycles. The third kappa shape index (κ3) is 5.28. The van der Waals surface area contributed by atoms with Crippen molar-refractivity contribution < 1.29 is 9.47 Å². The molecule has 2 rings (SSSR count). The molecule has 0 radical (unpaired) electrons. The van der Waals surface area contributed by atoms with Crippen LogP contribution in [0.15, 0.2) is 34.8 Å². The van der Waals surface area contributed by atoms with E-state index in [9.17, 15) is 0 Å². The molecular weight excluding hydrogens is 413 g/mol. The van der Waals surface area contributed by atoms with Gasteiger partial charge in [-0.3, -0.25) is 0 Å². The molecule has 0 aliphatic heterocycles. The van der Waals surface area contributed by atoms with Crippen molar-refractivity contribution in [3.05, 3.63) is 56.0 Å². The molecule has 6 heteroatoms. The Hall–Kier alpha value is -0.940. The maximum absolute atomic E-state index is 6.19. The highest BCUT2D eigenvalue weighted by molar-refractivity contribution is 9.10. The summed E-state index contributed by atoms with van der Waals surface area (Å²) in [4.78, 5) is 0. The highest BCUT2D eigenvalue weighted by Gasteiger charge is 2.10. The van der Waals surface area contributed by atoms with Gasteiger partial charge in [-0.2, -0.15) is 0 Å². The van der Waals surface area contributed by atoms with E-state index in [1.165, 1.54) is 0 Å². The first kappa shape index (κ1) is 19.4. The summed E-state index contributed by atoms with van der Waals surface area (Å²) in [6.45, 7) is 4.07. The first-order valence-corrected chi connectivity index (χ1v) is 9.24. The molecule has 0 fully saturated rings. The van der Waals surface area contributed by atoms with Crippen LogP contribution in [0.25, 0.3) is 0 Å². The largest absolute Gasteiger partial charge is 0.493 e. The van der Waals surface area contributed by atoms with Crippen molar-refractivity contribution >= 4 is 39.1 Å². The fourth-order valence-electron chi connectivity index (χ4n) is 2.31. The zero-order valence-corrected chi connectivity index (χ0v) is 16.8. The number of rotatable bonds is 8. The van der Waals surface area contributed by atoms with Gasteiger partial charge in [-0.1, -0.05) is 45.2 Å². The Balaban J connectivity index is 1.94. The summed E-state index contributed by atoms with van der Waals surface area (Å²) in [6, 6.07) is 9.51. The zero-order valence-electron chi connectivity index (χ0n) is 13.7. The van der Waals surface area contributed by atoms with Gasteiger partial charge >= 0.3 is 0 Å². The fourth-order valence-corrected chi connectivity index (χ4v) is 3.28. The molecule has 0 unspecified atom stereocenters. The van der Waals surface area contributed by atoms with Gasteiger partial charge in [-0.25, -0.2) is 0 Å². The van der Waals surface area contributed by atoms with Crippen molar-refractivity contribution in [1.29, 1.82) is 0 Å². The molecule has 0 amide bonds. The Labute approximate surface area is 161 Å². The van der Waals surface area contributed by atoms with Gasteiger partial charge in [-0.15, -0.1) is 0 Å². The molecule has 24 heavy (non-hydrogen) atoms. The van der Waals surface area contributed by atoms with E-state index in [1.54, 1.807) is 13.2 Å². The molecule has 0 saturated carbocycles. The number of ether oxygens (including phenoxy) is 2.